The van der Waals surface area contributed by atoms with Gasteiger partial charge in [-0.1, -0.05) is 54.6 Å². The summed E-state index contributed by atoms with van der Waals surface area (Å²) in [5.41, 5.74) is 2.91. The summed E-state index contributed by atoms with van der Waals surface area (Å²) in [4.78, 5) is 10.8. The van der Waals surface area contributed by atoms with Crippen LogP contribution in [0.5, 0.6) is 0 Å². The van der Waals surface area contributed by atoms with Gasteiger partial charge in [0, 0.05) is 6.04 Å². The zero-order chi connectivity index (χ0) is 18.7. The molecule has 2 aromatic carbocycles. The molecule has 0 aliphatic rings. The molecule has 0 fully saturated rings. The summed E-state index contributed by atoms with van der Waals surface area (Å²) >= 11 is 0.888. The van der Waals surface area contributed by atoms with Crippen LogP contribution in [-0.4, -0.2) is 19.5 Å². The average Bonchev–Trinajstić information content (AvgIpc) is 3.13. The molecule has 0 aliphatic heterocycles. The minimum absolute atomic E-state index is 0.191. The van der Waals surface area contributed by atoms with Gasteiger partial charge >= 0.3 is 5.97 Å². The number of carboxylic acid groups (broad SMARTS) is 1. The second kappa shape index (κ2) is 7.41. The van der Waals surface area contributed by atoms with E-state index >= 15 is 0 Å². The van der Waals surface area contributed by atoms with Crippen molar-refractivity contribution in [2.45, 2.75) is 17.9 Å². The lowest BCUT2D eigenvalue weighted by Crippen LogP contribution is -2.27. The summed E-state index contributed by atoms with van der Waals surface area (Å²) in [5.74, 6) is -1.25. The Labute approximate surface area is 156 Å². The smallest absolute Gasteiger partial charge is 0.347 e. The molecule has 0 amide bonds. The summed E-state index contributed by atoms with van der Waals surface area (Å²) in [7, 11) is -3.92. The van der Waals surface area contributed by atoms with E-state index in [0.29, 0.717) is 0 Å². The Hall–Kier alpha value is -2.48. The molecule has 0 saturated carbocycles. The molecule has 1 aromatic heterocycles. The van der Waals surface area contributed by atoms with Crippen molar-refractivity contribution < 1.29 is 18.3 Å². The molecule has 0 radical (unpaired) electrons. The first-order valence-corrected chi connectivity index (χ1v) is 10.2. The molecule has 0 bridgehead atoms. The summed E-state index contributed by atoms with van der Waals surface area (Å²) in [6.45, 7) is 1.72. The molecule has 0 aliphatic carbocycles. The molecule has 5 nitrogen and oxygen atoms in total. The van der Waals surface area contributed by atoms with E-state index in [4.69, 9.17) is 5.11 Å². The van der Waals surface area contributed by atoms with Crippen molar-refractivity contribution in [1.82, 2.24) is 4.72 Å². The summed E-state index contributed by atoms with van der Waals surface area (Å²) < 4.78 is 27.6. The molecule has 0 unspecified atom stereocenters. The van der Waals surface area contributed by atoms with Crippen LogP contribution >= 0.6 is 11.3 Å². The minimum Gasteiger partial charge on any atom is -0.477 e. The van der Waals surface area contributed by atoms with Gasteiger partial charge in [0.15, 0.2) is 0 Å². The molecule has 1 atom stereocenters. The Morgan fingerprint density at radius 3 is 2.23 bits per heavy atom. The van der Waals surface area contributed by atoms with Gasteiger partial charge in [0.1, 0.15) is 9.77 Å². The normalized spacial score (nSPS) is 12.7. The van der Waals surface area contributed by atoms with Crippen molar-refractivity contribution in [2.24, 2.45) is 0 Å². The van der Waals surface area contributed by atoms with E-state index in [9.17, 15) is 13.2 Å². The standard InChI is InChI=1S/C19H17NO4S2/c1-13(20-26(23,24)17-11-12-25-18(17)19(21)22)14-7-9-16(10-8-14)15-5-3-2-4-6-15/h2-13,20H,1H3,(H,21,22)/t13-/m0/s1. The fourth-order valence-corrected chi connectivity index (χ4v) is 5.12. The second-order valence-corrected chi connectivity index (χ2v) is 8.35. The lowest BCUT2D eigenvalue weighted by atomic mass is 10.0. The number of carbonyl (C=O) groups is 1. The first-order valence-electron chi connectivity index (χ1n) is 7.87. The lowest BCUT2D eigenvalue weighted by Gasteiger charge is -2.15. The summed E-state index contributed by atoms with van der Waals surface area (Å²) in [6, 6.07) is 18.3. The van der Waals surface area contributed by atoms with Gasteiger partial charge in [-0.2, -0.15) is 0 Å². The second-order valence-electron chi connectivity index (χ2n) is 5.75. The number of aromatic carboxylic acids is 1. The van der Waals surface area contributed by atoms with Gasteiger partial charge in [0.2, 0.25) is 10.0 Å². The molecule has 134 valence electrons. The molecular weight excluding hydrogens is 370 g/mol. The van der Waals surface area contributed by atoms with Gasteiger partial charge in [-0.25, -0.2) is 17.9 Å². The quantitative estimate of drug-likeness (QED) is 0.665. The monoisotopic (exact) mass is 387 g/mol. The van der Waals surface area contributed by atoms with Crippen LogP contribution in [0.25, 0.3) is 11.1 Å². The van der Waals surface area contributed by atoms with Crippen molar-refractivity contribution in [1.29, 1.82) is 0 Å². The fourth-order valence-electron chi connectivity index (χ4n) is 2.62. The van der Waals surface area contributed by atoms with Crippen molar-refractivity contribution in [3.8, 4) is 11.1 Å². The fraction of sp³-hybridized carbons (Fsp3) is 0.105. The third kappa shape index (κ3) is 3.85. The molecule has 2 N–H and O–H groups in total. The molecule has 3 rings (SSSR count). The van der Waals surface area contributed by atoms with E-state index in [0.717, 1.165) is 28.0 Å². The molecule has 0 spiro atoms. The average molecular weight is 387 g/mol. The van der Waals surface area contributed by atoms with Crippen LogP contribution in [0.4, 0.5) is 0 Å². The van der Waals surface area contributed by atoms with Crippen LogP contribution in [0.2, 0.25) is 0 Å². The number of benzene rings is 2. The summed E-state index contributed by atoms with van der Waals surface area (Å²) in [5, 5.41) is 10.6. The number of sulfonamides is 1. The Balaban J connectivity index is 1.80. The maximum absolute atomic E-state index is 12.5. The van der Waals surface area contributed by atoms with Crippen LogP contribution < -0.4 is 4.72 Å². The van der Waals surface area contributed by atoms with E-state index < -0.39 is 22.0 Å². The van der Waals surface area contributed by atoms with E-state index in [-0.39, 0.29) is 9.77 Å². The first-order chi connectivity index (χ1) is 12.4. The van der Waals surface area contributed by atoms with Gasteiger partial charge < -0.3 is 5.11 Å². The van der Waals surface area contributed by atoms with E-state index in [1.165, 1.54) is 11.4 Å². The molecule has 26 heavy (non-hydrogen) atoms. The molecule has 7 heteroatoms. The predicted molar refractivity (Wildman–Crippen MR) is 102 cm³/mol. The van der Waals surface area contributed by atoms with Crippen molar-refractivity contribution >= 4 is 27.3 Å². The number of hydrogen-bond acceptors (Lipinski definition) is 4. The predicted octanol–water partition coefficient (Wildman–Crippen LogP) is 4.15. The van der Waals surface area contributed by atoms with E-state index in [2.05, 4.69) is 4.72 Å². The number of nitrogens with one attached hydrogen (secondary N) is 1. The van der Waals surface area contributed by atoms with Crippen molar-refractivity contribution in [3.63, 3.8) is 0 Å². The Morgan fingerprint density at radius 2 is 1.62 bits per heavy atom. The highest BCUT2D eigenvalue weighted by Crippen LogP contribution is 2.25. The number of rotatable bonds is 6. The van der Waals surface area contributed by atoms with Crippen molar-refractivity contribution in [3.05, 3.63) is 76.5 Å². The largest absolute Gasteiger partial charge is 0.477 e. The maximum atomic E-state index is 12.5. The van der Waals surface area contributed by atoms with Gasteiger partial charge in [-0.05, 0) is 35.1 Å². The third-order valence-electron chi connectivity index (χ3n) is 3.96. The third-order valence-corrected chi connectivity index (χ3v) is 6.58. The van der Waals surface area contributed by atoms with Crippen LogP contribution in [0.1, 0.15) is 28.2 Å². The highest BCUT2D eigenvalue weighted by Gasteiger charge is 2.25. The van der Waals surface area contributed by atoms with E-state index in [1.54, 1.807) is 6.92 Å². The first kappa shape index (κ1) is 18.3. The van der Waals surface area contributed by atoms with Gasteiger partial charge in [0.05, 0.1) is 0 Å². The van der Waals surface area contributed by atoms with Gasteiger partial charge in [-0.15, -0.1) is 11.3 Å². The molecule has 1 heterocycles. The van der Waals surface area contributed by atoms with Crippen molar-refractivity contribution in [2.75, 3.05) is 0 Å². The highest BCUT2D eigenvalue weighted by molar-refractivity contribution is 7.89. The summed E-state index contributed by atoms with van der Waals surface area (Å²) in [6.07, 6.45) is 0. The number of hydrogen-bond donors (Lipinski definition) is 2. The molecule has 3 aromatic rings. The highest BCUT2D eigenvalue weighted by atomic mass is 32.2. The van der Waals surface area contributed by atoms with Crippen LogP contribution in [-0.2, 0) is 10.0 Å². The number of carboxylic acids is 1. The van der Waals surface area contributed by atoms with E-state index in [1.807, 2.05) is 54.6 Å². The maximum Gasteiger partial charge on any atom is 0.347 e. The number of thiophene rings is 1. The SMILES string of the molecule is C[C@H](NS(=O)(=O)c1ccsc1C(=O)O)c1ccc(-c2ccccc2)cc1. The Bertz CT molecular complexity index is 1010. The Morgan fingerprint density at radius 1 is 1.00 bits per heavy atom. The van der Waals surface area contributed by atoms with Crippen LogP contribution in [0.3, 0.4) is 0 Å². The van der Waals surface area contributed by atoms with Gasteiger partial charge in [0.25, 0.3) is 0 Å². The Kier molecular flexibility index (Phi) is 5.22. The topological polar surface area (TPSA) is 83.5 Å². The van der Waals surface area contributed by atoms with Crippen LogP contribution in [0.15, 0.2) is 70.9 Å². The molecule has 0 saturated heterocycles. The minimum atomic E-state index is -3.92. The van der Waals surface area contributed by atoms with Gasteiger partial charge in [-0.3, -0.25) is 0 Å². The molecular formula is C19H17NO4S2. The lowest BCUT2D eigenvalue weighted by molar-refractivity contribution is 0.0698. The zero-order valence-electron chi connectivity index (χ0n) is 13.9. The zero-order valence-corrected chi connectivity index (χ0v) is 15.5. The van der Waals surface area contributed by atoms with Crippen LogP contribution in [0, 0.1) is 0 Å².